The summed E-state index contributed by atoms with van der Waals surface area (Å²) >= 11 is 0. The summed E-state index contributed by atoms with van der Waals surface area (Å²) in [5.74, 6) is 0. The molecule has 0 nitrogen and oxygen atoms in total. The molecule has 99 valence electrons. The molecule has 0 amide bonds. The number of hydrogen-bond donors (Lipinski definition) is 0. The molecule has 0 bridgehead atoms. The van der Waals surface area contributed by atoms with Crippen LogP contribution in [0.15, 0.2) is 60.7 Å². The zero-order valence-electron chi connectivity index (χ0n) is 10.7. The van der Waals surface area contributed by atoms with Gasteiger partial charge in [0.05, 0.1) is 0 Å². The van der Waals surface area contributed by atoms with Crippen molar-refractivity contribution in [1.29, 1.82) is 0 Å². The minimum atomic E-state index is 0. The molecular formula is C16H20PRh-. The first kappa shape index (κ1) is 17.5. The first-order valence-corrected chi connectivity index (χ1v) is 7.03. The zero-order chi connectivity index (χ0) is 12.3. The minimum absolute atomic E-state index is 0. The third-order valence-corrected chi connectivity index (χ3v) is 3.43. The summed E-state index contributed by atoms with van der Waals surface area (Å²) in [6, 6.07) is 21.2. The second-order valence-electron chi connectivity index (χ2n) is 3.71. The second-order valence-corrected chi connectivity index (χ2v) is 5.12. The van der Waals surface area contributed by atoms with Gasteiger partial charge < -0.3 is 6.92 Å². The average molecular weight is 346 g/mol. The Bertz CT molecular complexity index is 347. The normalized spacial score (nSPS) is 8.78. The van der Waals surface area contributed by atoms with Crippen molar-refractivity contribution in [2.24, 2.45) is 0 Å². The standard InChI is InChI=1S/C12H11P.C4H9.Rh/c1-3-7-11(8-4-1)13-12-9-5-2-6-10-12;1-3-4-2;/h1-10,13H;1,3-4H2,2H3;/q;-1;. The summed E-state index contributed by atoms with van der Waals surface area (Å²) in [5.41, 5.74) is 0. The summed E-state index contributed by atoms with van der Waals surface area (Å²) in [4.78, 5) is 0. The van der Waals surface area contributed by atoms with Crippen molar-refractivity contribution < 1.29 is 19.5 Å². The molecule has 0 N–H and O–H groups in total. The predicted molar refractivity (Wildman–Crippen MR) is 80.7 cm³/mol. The largest absolute Gasteiger partial charge is 0.343 e. The van der Waals surface area contributed by atoms with Crippen molar-refractivity contribution in [3.63, 3.8) is 0 Å². The molecular weight excluding hydrogens is 326 g/mol. The number of hydrogen-bond acceptors (Lipinski definition) is 0. The Morgan fingerprint density at radius 1 is 0.833 bits per heavy atom. The Kier molecular flexibility index (Phi) is 11.3. The van der Waals surface area contributed by atoms with E-state index >= 15 is 0 Å². The van der Waals surface area contributed by atoms with Gasteiger partial charge in [-0.1, -0.05) is 82.6 Å². The molecule has 0 saturated heterocycles. The van der Waals surface area contributed by atoms with E-state index in [1.165, 1.54) is 17.0 Å². The summed E-state index contributed by atoms with van der Waals surface area (Å²) in [5, 5.41) is 2.79. The molecule has 0 aliphatic carbocycles. The number of rotatable bonds is 3. The van der Waals surface area contributed by atoms with Crippen LogP contribution >= 0.6 is 8.58 Å². The Morgan fingerprint density at radius 2 is 1.17 bits per heavy atom. The van der Waals surface area contributed by atoms with Crippen molar-refractivity contribution in [2.75, 3.05) is 0 Å². The molecule has 0 atom stereocenters. The molecule has 2 aromatic carbocycles. The maximum absolute atomic E-state index is 3.60. The molecule has 2 heteroatoms. The van der Waals surface area contributed by atoms with Gasteiger partial charge in [-0.25, -0.2) is 0 Å². The van der Waals surface area contributed by atoms with Gasteiger partial charge in [0.2, 0.25) is 0 Å². The fourth-order valence-corrected chi connectivity index (χ4v) is 2.26. The molecule has 0 saturated carbocycles. The molecule has 0 heterocycles. The maximum atomic E-state index is 3.60. The van der Waals surface area contributed by atoms with E-state index in [1.807, 2.05) is 0 Å². The van der Waals surface area contributed by atoms with E-state index < -0.39 is 0 Å². The maximum Gasteiger partial charge on any atom is 0 e. The number of unbranched alkanes of at least 4 members (excludes halogenated alkanes) is 1. The molecule has 0 aromatic heterocycles. The Morgan fingerprint density at radius 3 is 1.44 bits per heavy atom. The fraction of sp³-hybridized carbons (Fsp3) is 0.188. The van der Waals surface area contributed by atoms with Gasteiger partial charge in [0.15, 0.2) is 0 Å². The van der Waals surface area contributed by atoms with Gasteiger partial charge in [0, 0.05) is 19.5 Å². The molecule has 18 heavy (non-hydrogen) atoms. The van der Waals surface area contributed by atoms with Gasteiger partial charge in [-0.3, -0.25) is 0 Å². The molecule has 0 unspecified atom stereocenters. The molecule has 1 radical (unpaired) electrons. The van der Waals surface area contributed by atoms with Crippen molar-refractivity contribution in [3.8, 4) is 0 Å². The molecule has 0 fully saturated rings. The fourth-order valence-electron chi connectivity index (χ4n) is 1.21. The molecule has 0 spiro atoms. The third-order valence-electron chi connectivity index (χ3n) is 2.19. The van der Waals surface area contributed by atoms with Crippen molar-refractivity contribution >= 4 is 19.2 Å². The Balaban J connectivity index is 0.000000512. The van der Waals surface area contributed by atoms with E-state index in [0.29, 0.717) is 0 Å². The Hall–Kier alpha value is -0.507. The smallest absolute Gasteiger partial charge is 0 e. The Labute approximate surface area is 126 Å². The van der Waals surface area contributed by atoms with Crippen molar-refractivity contribution in [3.05, 3.63) is 67.6 Å². The van der Waals surface area contributed by atoms with Crippen LogP contribution in [0.2, 0.25) is 0 Å². The molecule has 2 aromatic rings. The van der Waals surface area contributed by atoms with Crippen LogP contribution in [-0.2, 0) is 19.5 Å². The van der Waals surface area contributed by atoms with Gasteiger partial charge >= 0.3 is 0 Å². The van der Waals surface area contributed by atoms with Crippen molar-refractivity contribution in [1.82, 2.24) is 0 Å². The van der Waals surface area contributed by atoms with E-state index in [0.717, 1.165) is 15.0 Å². The molecule has 2 rings (SSSR count). The third kappa shape index (κ3) is 7.75. The van der Waals surface area contributed by atoms with E-state index in [1.54, 1.807) is 0 Å². The van der Waals surface area contributed by atoms with E-state index in [2.05, 4.69) is 74.5 Å². The SMILES string of the molecule is [CH2-]CCC.[Rh].c1ccc(Pc2ccccc2)cc1. The molecule has 0 aliphatic heterocycles. The van der Waals surface area contributed by atoms with Crippen LogP contribution in [0, 0.1) is 6.92 Å². The van der Waals surface area contributed by atoms with Crippen LogP contribution in [0.25, 0.3) is 0 Å². The van der Waals surface area contributed by atoms with Gasteiger partial charge in [-0.15, -0.1) is 0 Å². The van der Waals surface area contributed by atoms with Crippen LogP contribution in [-0.4, -0.2) is 0 Å². The topological polar surface area (TPSA) is 0 Å². The van der Waals surface area contributed by atoms with Crippen LogP contribution in [0.1, 0.15) is 19.8 Å². The van der Waals surface area contributed by atoms with Gasteiger partial charge in [-0.2, -0.15) is 6.42 Å². The summed E-state index contributed by atoms with van der Waals surface area (Å²) in [6.07, 6.45) is 2.28. The van der Waals surface area contributed by atoms with E-state index in [9.17, 15) is 0 Å². The van der Waals surface area contributed by atoms with E-state index in [4.69, 9.17) is 0 Å². The predicted octanol–water partition coefficient (Wildman–Crippen LogP) is 3.93. The van der Waals surface area contributed by atoms with Crippen LogP contribution < -0.4 is 10.6 Å². The quantitative estimate of drug-likeness (QED) is 0.449. The van der Waals surface area contributed by atoms with Gasteiger partial charge in [0.25, 0.3) is 0 Å². The first-order valence-electron chi connectivity index (χ1n) is 6.03. The van der Waals surface area contributed by atoms with Crippen LogP contribution in [0.5, 0.6) is 0 Å². The minimum Gasteiger partial charge on any atom is -0.343 e. The average Bonchev–Trinajstić information content (AvgIpc) is 2.41. The van der Waals surface area contributed by atoms with Crippen LogP contribution in [0.4, 0.5) is 0 Å². The van der Waals surface area contributed by atoms with Gasteiger partial charge in [0.1, 0.15) is 0 Å². The monoisotopic (exact) mass is 346 g/mol. The second kappa shape index (κ2) is 11.6. The summed E-state index contributed by atoms with van der Waals surface area (Å²) in [7, 11) is 0.777. The van der Waals surface area contributed by atoms with Gasteiger partial charge in [-0.05, 0) is 10.6 Å². The van der Waals surface area contributed by atoms with Crippen molar-refractivity contribution in [2.45, 2.75) is 19.8 Å². The first-order chi connectivity index (χ1) is 8.36. The zero-order valence-corrected chi connectivity index (χ0v) is 13.4. The summed E-state index contributed by atoms with van der Waals surface area (Å²) in [6.45, 7) is 5.72. The number of benzene rings is 2. The van der Waals surface area contributed by atoms with Crippen LogP contribution in [0.3, 0.4) is 0 Å². The summed E-state index contributed by atoms with van der Waals surface area (Å²) < 4.78 is 0. The molecule has 0 aliphatic rings. The van der Waals surface area contributed by atoms with E-state index in [-0.39, 0.29) is 19.5 Å².